The Morgan fingerprint density at radius 3 is 2.32 bits per heavy atom. The molecule has 2 aromatic carbocycles. The first-order chi connectivity index (χ1) is 14.6. The molecule has 0 aliphatic carbocycles. The van der Waals surface area contributed by atoms with E-state index in [1.165, 1.54) is 10.4 Å². The van der Waals surface area contributed by atoms with E-state index in [2.05, 4.69) is 4.90 Å². The van der Waals surface area contributed by atoms with Gasteiger partial charge in [0, 0.05) is 54.9 Å². The van der Waals surface area contributed by atoms with Crippen LogP contribution in [0.2, 0.25) is 15.1 Å². The quantitative estimate of drug-likeness (QED) is 0.555. The molecule has 2 aromatic rings. The van der Waals surface area contributed by atoms with Gasteiger partial charge in [0.1, 0.15) is 0 Å². The highest BCUT2D eigenvalue weighted by molar-refractivity contribution is 7.92. The number of hydrogen-bond acceptors (Lipinski definition) is 4. The Morgan fingerprint density at radius 1 is 1.00 bits per heavy atom. The Balaban J connectivity index is 1.55. The molecule has 10 heteroatoms. The van der Waals surface area contributed by atoms with Gasteiger partial charge in [0.2, 0.25) is 15.9 Å². The molecule has 3 rings (SSSR count). The minimum atomic E-state index is -3.57. The fourth-order valence-corrected chi connectivity index (χ4v) is 5.15. The van der Waals surface area contributed by atoms with Crippen LogP contribution in [0.3, 0.4) is 0 Å². The van der Waals surface area contributed by atoms with Crippen LogP contribution in [0.25, 0.3) is 0 Å². The van der Waals surface area contributed by atoms with Gasteiger partial charge in [0.15, 0.2) is 0 Å². The number of amides is 1. The van der Waals surface area contributed by atoms with E-state index in [4.69, 9.17) is 34.8 Å². The highest BCUT2D eigenvalue weighted by atomic mass is 35.5. The maximum absolute atomic E-state index is 12.7. The van der Waals surface area contributed by atoms with Crippen LogP contribution >= 0.6 is 34.8 Å². The molecule has 0 atom stereocenters. The first-order valence-electron chi connectivity index (χ1n) is 9.86. The van der Waals surface area contributed by atoms with E-state index in [0.29, 0.717) is 40.3 Å². The van der Waals surface area contributed by atoms with E-state index >= 15 is 0 Å². The second kappa shape index (κ2) is 10.3. The zero-order valence-electron chi connectivity index (χ0n) is 17.1. The van der Waals surface area contributed by atoms with Crippen molar-refractivity contribution >= 4 is 62.1 Å². The summed E-state index contributed by atoms with van der Waals surface area (Å²) in [6.45, 7) is 2.81. The van der Waals surface area contributed by atoms with E-state index in [1.54, 1.807) is 12.1 Å². The number of halogens is 3. The largest absolute Gasteiger partial charge is 0.368 e. The second-order valence-corrected chi connectivity index (χ2v) is 10.6. The lowest BCUT2D eigenvalue weighted by Gasteiger charge is -2.36. The predicted molar refractivity (Wildman–Crippen MR) is 128 cm³/mol. The molecular weight excluding hydrogens is 481 g/mol. The monoisotopic (exact) mass is 503 g/mol. The number of carbonyl (C=O) groups excluding carboxylic acids is 1. The summed E-state index contributed by atoms with van der Waals surface area (Å²) in [5.41, 5.74) is 1.36. The Kier molecular flexibility index (Phi) is 7.97. The second-order valence-electron chi connectivity index (χ2n) is 7.38. The molecule has 0 unspecified atom stereocenters. The molecule has 1 amide bonds. The molecule has 1 fully saturated rings. The molecule has 0 aromatic heterocycles. The van der Waals surface area contributed by atoms with E-state index in [-0.39, 0.29) is 18.9 Å². The molecule has 1 saturated heterocycles. The smallest absolute Gasteiger partial charge is 0.232 e. The van der Waals surface area contributed by atoms with Crippen molar-refractivity contribution in [2.45, 2.75) is 12.8 Å². The number of rotatable bonds is 7. The van der Waals surface area contributed by atoms with Crippen molar-refractivity contribution in [1.82, 2.24) is 4.90 Å². The Bertz CT molecular complexity index is 1040. The van der Waals surface area contributed by atoms with Crippen molar-refractivity contribution < 1.29 is 13.2 Å². The molecule has 1 aliphatic heterocycles. The number of sulfonamides is 1. The summed E-state index contributed by atoms with van der Waals surface area (Å²) in [7, 11) is -3.57. The van der Waals surface area contributed by atoms with Crippen LogP contribution in [0.15, 0.2) is 42.5 Å². The molecule has 1 heterocycles. The number of anilines is 2. The standard InChI is InChI=1S/C21H24Cl3N3O3S/c1-31(29,30)27(20-15-17(23)7-8-19(20)24)9-3-6-21(28)26-12-10-25(11-13-26)18-5-2-4-16(22)14-18/h2,4-5,7-8,14-15H,3,6,9-13H2,1H3. The lowest BCUT2D eigenvalue weighted by Crippen LogP contribution is -2.48. The van der Waals surface area contributed by atoms with Crippen LogP contribution in [0.5, 0.6) is 0 Å². The number of carbonyl (C=O) groups is 1. The summed E-state index contributed by atoms with van der Waals surface area (Å²) in [4.78, 5) is 16.7. The summed E-state index contributed by atoms with van der Waals surface area (Å²) in [5, 5.41) is 1.37. The number of piperazine rings is 1. The van der Waals surface area contributed by atoms with Crippen LogP contribution in [0.1, 0.15) is 12.8 Å². The fraction of sp³-hybridized carbons (Fsp3) is 0.381. The number of nitrogens with zero attached hydrogens (tertiary/aromatic N) is 3. The third kappa shape index (κ3) is 6.42. The molecule has 0 N–H and O–H groups in total. The van der Waals surface area contributed by atoms with Crippen molar-refractivity contribution in [2.75, 3.05) is 48.2 Å². The zero-order valence-corrected chi connectivity index (χ0v) is 20.2. The van der Waals surface area contributed by atoms with E-state index in [1.807, 2.05) is 29.2 Å². The summed E-state index contributed by atoms with van der Waals surface area (Å²) in [6.07, 6.45) is 1.74. The van der Waals surface area contributed by atoms with Crippen molar-refractivity contribution in [1.29, 1.82) is 0 Å². The van der Waals surface area contributed by atoms with Gasteiger partial charge in [0.25, 0.3) is 0 Å². The number of benzene rings is 2. The molecule has 0 bridgehead atoms. The summed E-state index contributed by atoms with van der Waals surface area (Å²) < 4.78 is 25.8. The van der Waals surface area contributed by atoms with Crippen LogP contribution in [0.4, 0.5) is 11.4 Å². The first kappa shape index (κ1) is 24.0. The van der Waals surface area contributed by atoms with E-state index in [9.17, 15) is 13.2 Å². The Morgan fingerprint density at radius 2 is 1.68 bits per heavy atom. The van der Waals surface area contributed by atoms with E-state index in [0.717, 1.165) is 25.0 Å². The SMILES string of the molecule is CS(=O)(=O)N(CCCC(=O)N1CCN(c2cccc(Cl)c2)CC1)c1cc(Cl)ccc1Cl. The Labute approximate surface area is 198 Å². The van der Waals surface area contributed by atoms with Gasteiger partial charge in [-0.05, 0) is 42.8 Å². The van der Waals surface area contributed by atoms with Gasteiger partial charge in [-0.3, -0.25) is 9.10 Å². The van der Waals surface area contributed by atoms with Crippen molar-refractivity contribution in [3.05, 3.63) is 57.5 Å². The van der Waals surface area contributed by atoms with Crippen LogP contribution in [-0.2, 0) is 14.8 Å². The highest BCUT2D eigenvalue weighted by Crippen LogP contribution is 2.31. The van der Waals surface area contributed by atoms with Gasteiger partial charge >= 0.3 is 0 Å². The summed E-state index contributed by atoms with van der Waals surface area (Å²) in [6, 6.07) is 12.3. The lowest BCUT2D eigenvalue weighted by molar-refractivity contribution is -0.131. The molecule has 1 aliphatic rings. The first-order valence-corrected chi connectivity index (χ1v) is 12.8. The minimum Gasteiger partial charge on any atom is -0.368 e. The maximum atomic E-state index is 12.7. The fourth-order valence-electron chi connectivity index (χ4n) is 3.56. The van der Waals surface area contributed by atoms with Gasteiger partial charge < -0.3 is 9.80 Å². The van der Waals surface area contributed by atoms with Crippen LogP contribution < -0.4 is 9.21 Å². The molecule has 0 radical (unpaired) electrons. The third-order valence-electron chi connectivity index (χ3n) is 5.13. The maximum Gasteiger partial charge on any atom is 0.232 e. The average Bonchev–Trinajstić information content (AvgIpc) is 2.72. The normalized spacial score (nSPS) is 14.6. The van der Waals surface area contributed by atoms with Crippen LogP contribution in [0, 0.1) is 0 Å². The van der Waals surface area contributed by atoms with E-state index < -0.39 is 10.0 Å². The highest BCUT2D eigenvalue weighted by Gasteiger charge is 2.23. The zero-order chi connectivity index (χ0) is 22.6. The van der Waals surface area contributed by atoms with Gasteiger partial charge in [-0.2, -0.15) is 0 Å². The molecular formula is C21H24Cl3N3O3S. The van der Waals surface area contributed by atoms with Crippen LogP contribution in [-0.4, -0.2) is 58.2 Å². The van der Waals surface area contributed by atoms with Gasteiger partial charge in [-0.25, -0.2) is 8.42 Å². The lowest BCUT2D eigenvalue weighted by atomic mass is 10.2. The minimum absolute atomic E-state index is 0.0105. The Hall–Kier alpha value is -1.67. The molecule has 6 nitrogen and oxygen atoms in total. The van der Waals surface area contributed by atoms with Crippen molar-refractivity contribution in [3.63, 3.8) is 0 Å². The molecule has 0 spiro atoms. The number of hydrogen-bond donors (Lipinski definition) is 0. The third-order valence-corrected chi connectivity index (χ3v) is 7.10. The topological polar surface area (TPSA) is 60.9 Å². The summed E-state index contributed by atoms with van der Waals surface area (Å²) in [5.74, 6) is 0.0105. The molecule has 168 valence electrons. The molecule has 0 saturated carbocycles. The van der Waals surface area contributed by atoms with Crippen molar-refractivity contribution in [3.8, 4) is 0 Å². The van der Waals surface area contributed by atoms with Crippen molar-refractivity contribution in [2.24, 2.45) is 0 Å². The summed E-state index contributed by atoms with van der Waals surface area (Å²) >= 11 is 18.3. The molecule has 31 heavy (non-hydrogen) atoms. The average molecular weight is 505 g/mol. The van der Waals surface area contributed by atoms with Gasteiger partial charge in [0.05, 0.1) is 17.0 Å². The van der Waals surface area contributed by atoms with Gasteiger partial charge in [-0.15, -0.1) is 0 Å². The van der Waals surface area contributed by atoms with Gasteiger partial charge in [-0.1, -0.05) is 40.9 Å². The predicted octanol–water partition coefficient (Wildman–Crippen LogP) is 4.54.